The molecule has 2 heteroatoms. The van der Waals surface area contributed by atoms with Crippen molar-refractivity contribution in [2.75, 3.05) is 11.5 Å². The number of aryl methyl sites for hydroxylation is 1. The predicted octanol–water partition coefficient (Wildman–Crippen LogP) is 3.02. The van der Waals surface area contributed by atoms with E-state index in [0.717, 1.165) is 29.9 Å². The first-order valence-corrected chi connectivity index (χ1v) is 6.66. The highest BCUT2D eigenvalue weighted by Crippen LogP contribution is 2.37. The number of thioether (sulfide) groups is 1. The Kier molecular flexibility index (Phi) is 3.08. The third kappa shape index (κ3) is 2.06. The summed E-state index contributed by atoms with van der Waals surface area (Å²) in [6, 6.07) is 6.25. The molecule has 0 spiro atoms. The highest BCUT2D eigenvalue weighted by Gasteiger charge is 2.32. The molecule has 2 rings (SSSR count). The lowest BCUT2D eigenvalue weighted by molar-refractivity contribution is 0.0274. The van der Waals surface area contributed by atoms with E-state index in [1.807, 2.05) is 11.8 Å². The van der Waals surface area contributed by atoms with Gasteiger partial charge in [-0.25, -0.2) is 0 Å². The van der Waals surface area contributed by atoms with Gasteiger partial charge in [-0.05, 0) is 54.9 Å². The van der Waals surface area contributed by atoms with Gasteiger partial charge in [0, 0.05) is 0 Å². The Hall–Kier alpha value is -0.470. The molecule has 0 saturated carbocycles. The Labute approximate surface area is 95.9 Å². The Morgan fingerprint density at radius 1 is 1.20 bits per heavy atom. The van der Waals surface area contributed by atoms with E-state index in [9.17, 15) is 5.11 Å². The number of hydrogen-bond donors (Lipinski definition) is 1. The SMILES string of the molecule is Cc1cccc(C2(O)CCSCC2)c1C. The summed E-state index contributed by atoms with van der Waals surface area (Å²) in [5.74, 6) is 2.15. The van der Waals surface area contributed by atoms with Crippen LogP contribution in [0.15, 0.2) is 18.2 Å². The first-order chi connectivity index (χ1) is 7.13. The first-order valence-electron chi connectivity index (χ1n) is 5.50. The largest absolute Gasteiger partial charge is 0.385 e. The molecule has 15 heavy (non-hydrogen) atoms. The van der Waals surface area contributed by atoms with Crippen molar-refractivity contribution in [3.05, 3.63) is 34.9 Å². The molecule has 1 heterocycles. The number of aliphatic hydroxyl groups is 1. The van der Waals surface area contributed by atoms with Gasteiger partial charge in [-0.3, -0.25) is 0 Å². The average molecular weight is 222 g/mol. The monoisotopic (exact) mass is 222 g/mol. The van der Waals surface area contributed by atoms with Crippen molar-refractivity contribution < 1.29 is 5.11 Å². The summed E-state index contributed by atoms with van der Waals surface area (Å²) in [5, 5.41) is 10.6. The standard InChI is InChI=1S/C13H18OS/c1-10-4-3-5-12(11(10)2)13(14)6-8-15-9-7-13/h3-5,14H,6-9H2,1-2H3. The summed E-state index contributed by atoms with van der Waals surface area (Å²) >= 11 is 1.94. The lowest BCUT2D eigenvalue weighted by Crippen LogP contribution is -2.31. The van der Waals surface area contributed by atoms with Gasteiger partial charge in [-0.15, -0.1) is 0 Å². The van der Waals surface area contributed by atoms with Gasteiger partial charge in [0.05, 0.1) is 5.60 Å². The van der Waals surface area contributed by atoms with E-state index in [1.165, 1.54) is 11.1 Å². The Morgan fingerprint density at radius 2 is 1.87 bits per heavy atom. The molecule has 82 valence electrons. The van der Waals surface area contributed by atoms with Crippen molar-refractivity contribution >= 4 is 11.8 Å². The van der Waals surface area contributed by atoms with Gasteiger partial charge >= 0.3 is 0 Å². The highest BCUT2D eigenvalue weighted by atomic mass is 32.2. The van der Waals surface area contributed by atoms with Crippen molar-refractivity contribution in [1.82, 2.24) is 0 Å². The number of benzene rings is 1. The zero-order chi connectivity index (χ0) is 10.9. The summed E-state index contributed by atoms with van der Waals surface area (Å²) in [4.78, 5) is 0. The number of rotatable bonds is 1. The minimum Gasteiger partial charge on any atom is -0.385 e. The van der Waals surface area contributed by atoms with Crippen LogP contribution in [0.5, 0.6) is 0 Å². The second-order valence-electron chi connectivity index (χ2n) is 4.39. The maximum atomic E-state index is 10.6. The summed E-state index contributed by atoms with van der Waals surface area (Å²) < 4.78 is 0. The first kappa shape index (κ1) is 11.0. The van der Waals surface area contributed by atoms with E-state index < -0.39 is 5.60 Å². The second kappa shape index (κ2) is 4.18. The Morgan fingerprint density at radius 3 is 2.53 bits per heavy atom. The zero-order valence-corrected chi connectivity index (χ0v) is 10.2. The fourth-order valence-electron chi connectivity index (χ4n) is 2.23. The van der Waals surface area contributed by atoms with Crippen LogP contribution in [0, 0.1) is 13.8 Å². The van der Waals surface area contributed by atoms with E-state index in [1.54, 1.807) is 0 Å². The average Bonchev–Trinajstić information content (AvgIpc) is 2.23. The van der Waals surface area contributed by atoms with Gasteiger partial charge in [-0.2, -0.15) is 11.8 Å². The maximum absolute atomic E-state index is 10.6. The van der Waals surface area contributed by atoms with Crippen LogP contribution in [0.25, 0.3) is 0 Å². The van der Waals surface area contributed by atoms with Crippen LogP contribution in [-0.4, -0.2) is 16.6 Å². The zero-order valence-electron chi connectivity index (χ0n) is 9.42. The minimum absolute atomic E-state index is 0.568. The molecule has 1 aromatic carbocycles. The summed E-state index contributed by atoms with van der Waals surface area (Å²) in [6.45, 7) is 4.23. The van der Waals surface area contributed by atoms with Crippen LogP contribution in [-0.2, 0) is 5.60 Å². The van der Waals surface area contributed by atoms with Gasteiger partial charge in [-0.1, -0.05) is 18.2 Å². The lowest BCUT2D eigenvalue weighted by atomic mass is 9.84. The number of hydrogen-bond acceptors (Lipinski definition) is 2. The van der Waals surface area contributed by atoms with Gasteiger partial charge in [0.1, 0.15) is 0 Å². The quantitative estimate of drug-likeness (QED) is 0.788. The van der Waals surface area contributed by atoms with Crippen LogP contribution in [0.3, 0.4) is 0 Å². The lowest BCUT2D eigenvalue weighted by Gasteiger charge is -2.33. The molecule has 1 nitrogen and oxygen atoms in total. The Balaban J connectivity index is 2.39. The fourth-order valence-corrected chi connectivity index (χ4v) is 3.40. The van der Waals surface area contributed by atoms with Crippen molar-refractivity contribution in [2.24, 2.45) is 0 Å². The second-order valence-corrected chi connectivity index (χ2v) is 5.62. The molecule has 0 aromatic heterocycles. The molecule has 1 saturated heterocycles. The minimum atomic E-state index is -0.568. The van der Waals surface area contributed by atoms with E-state index in [2.05, 4.69) is 32.0 Å². The molecule has 1 fully saturated rings. The van der Waals surface area contributed by atoms with Gasteiger partial charge in [0.2, 0.25) is 0 Å². The third-order valence-corrected chi connectivity index (χ3v) is 4.41. The molecule has 0 atom stereocenters. The van der Waals surface area contributed by atoms with Crippen molar-refractivity contribution in [1.29, 1.82) is 0 Å². The summed E-state index contributed by atoms with van der Waals surface area (Å²) in [7, 11) is 0. The van der Waals surface area contributed by atoms with Crippen molar-refractivity contribution in [2.45, 2.75) is 32.3 Å². The smallest absolute Gasteiger partial charge is 0.0914 e. The van der Waals surface area contributed by atoms with E-state index >= 15 is 0 Å². The molecule has 0 bridgehead atoms. The Bertz CT molecular complexity index is 354. The highest BCUT2D eigenvalue weighted by molar-refractivity contribution is 7.99. The van der Waals surface area contributed by atoms with E-state index in [0.29, 0.717) is 0 Å². The molecule has 1 aliphatic rings. The molecule has 1 aliphatic heterocycles. The van der Waals surface area contributed by atoms with Crippen LogP contribution >= 0.6 is 11.8 Å². The van der Waals surface area contributed by atoms with Gasteiger partial charge < -0.3 is 5.11 Å². The molecule has 0 aliphatic carbocycles. The van der Waals surface area contributed by atoms with Crippen molar-refractivity contribution in [3.63, 3.8) is 0 Å². The van der Waals surface area contributed by atoms with Crippen LogP contribution in [0.1, 0.15) is 29.5 Å². The van der Waals surface area contributed by atoms with Gasteiger partial charge in [0.15, 0.2) is 0 Å². The summed E-state index contributed by atoms with van der Waals surface area (Å²) in [6.07, 6.45) is 1.78. The van der Waals surface area contributed by atoms with E-state index in [-0.39, 0.29) is 0 Å². The third-order valence-electron chi connectivity index (χ3n) is 3.43. The molecule has 0 radical (unpaired) electrons. The molecular formula is C13H18OS. The normalized spacial score (nSPS) is 20.2. The van der Waals surface area contributed by atoms with Crippen LogP contribution in [0.4, 0.5) is 0 Å². The van der Waals surface area contributed by atoms with Gasteiger partial charge in [0.25, 0.3) is 0 Å². The fraction of sp³-hybridized carbons (Fsp3) is 0.538. The molecule has 1 N–H and O–H groups in total. The topological polar surface area (TPSA) is 20.2 Å². The predicted molar refractivity (Wildman–Crippen MR) is 66.4 cm³/mol. The molecule has 1 aromatic rings. The summed E-state index contributed by atoms with van der Waals surface area (Å²) in [5.41, 5.74) is 3.11. The molecule has 0 amide bonds. The molecular weight excluding hydrogens is 204 g/mol. The van der Waals surface area contributed by atoms with Crippen LogP contribution < -0.4 is 0 Å². The molecule has 0 unspecified atom stereocenters. The van der Waals surface area contributed by atoms with Crippen molar-refractivity contribution in [3.8, 4) is 0 Å². The van der Waals surface area contributed by atoms with Crippen LogP contribution in [0.2, 0.25) is 0 Å². The van der Waals surface area contributed by atoms with E-state index in [4.69, 9.17) is 0 Å². The maximum Gasteiger partial charge on any atom is 0.0914 e.